The third kappa shape index (κ3) is 4.51. The molecule has 0 atom stereocenters. The number of carbonyl (C=O) groups is 1. The Kier molecular flexibility index (Phi) is 5.67. The van der Waals surface area contributed by atoms with E-state index in [4.69, 9.17) is 16.3 Å². The number of piperidine rings is 1. The van der Waals surface area contributed by atoms with Gasteiger partial charge < -0.3 is 9.64 Å². The van der Waals surface area contributed by atoms with Gasteiger partial charge in [0.2, 0.25) is 0 Å². The molecule has 1 aromatic carbocycles. The molecule has 0 aliphatic carbocycles. The molecule has 0 aromatic heterocycles. The van der Waals surface area contributed by atoms with Crippen LogP contribution in [0.15, 0.2) is 24.3 Å². The summed E-state index contributed by atoms with van der Waals surface area (Å²) in [5.74, 6) is 0.584. The van der Waals surface area contributed by atoms with Gasteiger partial charge in [-0.1, -0.05) is 18.6 Å². The van der Waals surface area contributed by atoms with Crippen LogP contribution in [0.5, 0.6) is 5.75 Å². The van der Waals surface area contributed by atoms with E-state index in [9.17, 15) is 4.79 Å². The number of nitrogens with zero attached hydrogens (tertiary/aromatic N) is 1. The highest BCUT2D eigenvalue weighted by molar-refractivity contribution is 6.68. The molecule has 3 nitrogen and oxygen atoms in total. The van der Waals surface area contributed by atoms with Crippen molar-refractivity contribution in [2.24, 2.45) is 0 Å². The molecule has 1 saturated heterocycles. The Bertz CT molecular complexity index is 416. The van der Waals surface area contributed by atoms with Gasteiger partial charge in [0.15, 0.2) is 0 Å². The van der Waals surface area contributed by atoms with Gasteiger partial charge in [0.25, 0.3) is 5.24 Å². The van der Waals surface area contributed by atoms with E-state index in [-0.39, 0.29) is 0 Å². The van der Waals surface area contributed by atoms with Crippen LogP contribution < -0.4 is 4.74 Å². The number of halogens is 1. The number of rotatable bonds is 6. The molecule has 0 radical (unpaired) electrons. The summed E-state index contributed by atoms with van der Waals surface area (Å²) >= 11 is 5.52. The Morgan fingerprint density at radius 1 is 1.21 bits per heavy atom. The third-order valence-electron chi connectivity index (χ3n) is 3.42. The topological polar surface area (TPSA) is 29.5 Å². The van der Waals surface area contributed by atoms with Crippen LogP contribution >= 0.6 is 11.6 Å². The van der Waals surface area contributed by atoms with Crippen molar-refractivity contribution in [3.8, 4) is 5.75 Å². The lowest BCUT2D eigenvalue weighted by atomic mass is 10.1. The SMILES string of the molecule is O=C(Cl)c1ccccc1OCCCN1CCCCC1. The first-order valence-corrected chi connectivity index (χ1v) is 7.29. The summed E-state index contributed by atoms with van der Waals surface area (Å²) in [6.45, 7) is 4.10. The fraction of sp³-hybridized carbons (Fsp3) is 0.533. The summed E-state index contributed by atoms with van der Waals surface area (Å²) in [5.41, 5.74) is 0.446. The summed E-state index contributed by atoms with van der Waals surface area (Å²) in [5, 5.41) is -0.466. The Balaban J connectivity index is 1.74. The third-order valence-corrected chi connectivity index (χ3v) is 3.63. The van der Waals surface area contributed by atoms with Gasteiger partial charge in [0.1, 0.15) is 5.75 Å². The van der Waals surface area contributed by atoms with Crippen molar-refractivity contribution in [1.29, 1.82) is 0 Å². The smallest absolute Gasteiger partial charge is 0.256 e. The molecule has 1 aromatic rings. The maximum atomic E-state index is 11.2. The van der Waals surface area contributed by atoms with Crippen LogP contribution in [0.4, 0.5) is 0 Å². The molecule has 1 fully saturated rings. The quantitative estimate of drug-likeness (QED) is 0.592. The minimum Gasteiger partial charge on any atom is -0.493 e. The van der Waals surface area contributed by atoms with Crippen LogP contribution in [0.1, 0.15) is 36.0 Å². The fourth-order valence-corrected chi connectivity index (χ4v) is 2.56. The van der Waals surface area contributed by atoms with E-state index in [0.717, 1.165) is 13.0 Å². The molecule has 0 saturated carbocycles. The molecule has 104 valence electrons. The van der Waals surface area contributed by atoms with Crippen molar-refractivity contribution in [1.82, 2.24) is 4.90 Å². The summed E-state index contributed by atoms with van der Waals surface area (Å²) in [6.07, 6.45) is 4.96. The summed E-state index contributed by atoms with van der Waals surface area (Å²) < 4.78 is 5.66. The van der Waals surface area contributed by atoms with Crippen LogP contribution in [-0.4, -0.2) is 36.4 Å². The van der Waals surface area contributed by atoms with Crippen molar-refractivity contribution >= 4 is 16.8 Å². The van der Waals surface area contributed by atoms with E-state index in [0.29, 0.717) is 17.9 Å². The molecule has 0 N–H and O–H groups in total. The highest BCUT2D eigenvalue weighted by Gasteiger charge is 2.11. The number of hydrogen-bond acceptors (Lipinski definition) is 3. The van der Waals surface area contributed by atoms with Gasteiger partial charge in [-0.2, -0.15) is 0 Å². The number of benzene rings is 1. The zero-order valence-corrected chi connectivity index (χ0v) is 11.9. The molecule has 2 rings (SSSR count). The Hall–Kier alpha value is -1.06. The lowest BCUT2D eigenvalue weighted by Crippen LogP contribution is -2.31. The Morgan fingerprint density at radius 2 is 1.95 bits per heavy atom. The molecule has 1 aliphatic rings. The van der Waals surface area contributed by atoms with Gasteiger partial charge in [-0.3, -0.25) is 4.79 Å². The number of ether oxygens (including phenoxy) is 1. The second-order valence-corrected chi connectivity index (χ2v) is 5.22. The Morgan fingerprint density at radius 3 is 2.68 bits per heavy atom. The highest BCUT2D eigenvalue weighted by atomic mass is 35.5. The lowest BCUT2D eigenvalue weighted by molar-refractivity contribution is 0.107. The molecule has 19 heavy (non-hydrogen) atoms. The maximum Gasteiger partial charge on any atom is 0.256 e. The van der Waals surface area contributed by atoms with Gasteiger partial charge in [-0.05, 0) is 56.1 Å². The zero-order valence-electron chi connectivity index (χ0n) is 11.1. The monoisotopic (exact) mass is 281 g/mol. The number of carbonyl (C=O) groups excluding carboxylic acids is 1. The first kappa shape index (κ1) is 14.4. The van der Waals surface area contributed by atoms with Crippen LogP contribution in [0.2, 0.25) is 0 Å². The van der Waals surface area contributed by atoms with E-state index >= 15 is 0 Å². The van der Waals surface area contributed by atoms with Crippen LogP contribution in [0.3, 0.4) is 0 Å². The summed E-state index contributed by atoms with van der Waals surface area (Å²) in [6, 6.07) is 7.12. The Labute approximate surface area is 119 Å². The van der Waals surface area contributed by atoms with E-state index in [2.05, 4.69) is 4.90 Å². The summed E-state index contributed by atoms with van der Waals surface area (Å²) in [4.78, 5) is 13.7. The molecule has 4 heteroatoms. The second kappa shape index (κ2) is 7.51. The van der Waals surface area contributed by atoms with Crippen LogP contribution in [0.25, 0.3) is 0 Å². The van der Waals surface area contributed by atoms with E-state index < -0.39 is 5.24 Å². The molecular weight excluding hydrogens is 262 g/mol. The van der Waals surface area contributed by atoms with Gasteiger partial charge >= 0.3 is 0 Å². The van der Waals surface area contributed by atoms with E-state index in [1.165, 1.54) is 32.4 Å². The molecule has 0 bridgehead atoms. The van der Waals surface area contributed by atoms with Gasteiger partial charge in [0.05, 0.1) is 12.2 Å². The highest BCUT2D eigenvalue weighted by Crippen LogP contribution is 2.20. The second-order valence-electron chi connectivity index (χ2n) is 4.87. The first-order chi connectivity index (χ1) is 9.27. The van der Waals surface area contributed by atoms with Crippen LogP contribution in [-0.2, 0) is 0 Å². The molecular formula is C15H20ClNO2. The number of para-hydroxylation sites is 1. The molecule has 1 heterocycles. The van der Waals surface area contributed by atoms with Crippen molar-refractivity contribution < 1.29 is 9.53 Å². The molecule has 0 spiro atoms. The van der Waals surface area contributed by atoms with E-state index in [1.807, 2.05) is 6.07 Å². The minimum atomic E-state index is -0.466. The maximum absolute atomic E-state index is 11.2. The normalized spacial score (nSPS) is 16.3. The first-order valence-electron chi connectivity index (χ1n) is 6.91. The molecule has 0 unspecified atom stereocenters. The van der Waals surface area contributed by atoms with Crippen molar-refractivity contribution in [2.45, 2.75) is 25.7 Å². The minimum absolute atomic E-state index is 0.446. The standard InChI is InChI=1S/C15H20ClNO2/c16-15(18)13-7-2-3-8-14(13)19-12-6-11-17-9-4-1-5-10-17/h2-3,7-8H,1,4-6,9-12H2. The number of hydrogen-bond donors (Lipinski definition) is 0. The average molecular weight is 282 g/mol. The largest absolute Gasteiger partial charge is 0.493 e. The predicted molar refractivity (Wildman–Crippen MR) is 77.0 cm³/mol. The van der Waals surface area contributed by atoms with Crippen molar-refractivity contribution in [2.75, 3.05) is 26.2 Å². The predicted octanol–water partition coefficient (Wildman–Crippen LogP) is 3.32. The van der Waals surface area contributed by atoms with Gasteiger partial charge in [-0.25, -0.2) is 0 Å². The molecule has 1 aliphatic heterocycles. The average Bonchev–Trinajstić information content (AvgIpc) is 2.45. The lowest BCUT2D eigenvalue weighted by Gasteiger charge is -2.26. The van der Waals surface area contributed by atoms with E-state index in [1.54, 1.807) is 18.2 Å². The van der Waals surface area contributed by atoms with Crippen molar-refractivity contribution in [3.05, 3.63) is 29.8 Å². The number of likely N-dealkylation sites (tertiary alicyclic amines) is 1. The van der Waals surface area contributed by atoms with Crippen molar-refractivity contribution in [3.63, 3.8) is 0 Å². The molecule has 0 amide bonds. The summed E-state index contributed by atoms with van der Waals surface area (Å²) in [7, 11) is 0. The fourth-order valence-electron chi connectivity index (χ4n) is 2.41. The zero-order chi connectivity index (χ0) is 13.5. The van der Waals surface area contributed by atoms with Crippen LogP contribution in [0, 0.1) is 0 Å². The van der Waals surface area contributed by atoms with Gasteiger partial charge in [-0.15, -0.1) is 0 Å². The van der Waals surface area contributed by atoms with Gasteiger partial charge in [0, 0.05) is 6.54 Å².